The van der Waals surface area contributed by atoms with Crippen LogP contribution in [0.25, 0.3) is 5.57 Å². The van der Waals surface area contributed by atoms with Crippen LogP contribution in [-0.4, -0.2) is 78.1 Å². The van der Waals surface area contributed by atoms with Gasteiger partial charge in [-0.2, -0.15) is 10.1 Å². The Labute approximate surface area is 326 Å². The quantitative estimate of drug-likeness (QED) is 0.135. The molecule has 0 bridgehead atoms. The molecule has 0 radical (unpaired) electrons. The maximum Gasteiger partial charge on any atom is 0.160 e. The fourth-order valence-corrected chi connectivity index (χ4v) is 7.67. The summed E-state index contributed by atoms with van der Waals surface area (Å²) in [5, 5.41) is 6.51. The van der Waals surface area contributed by atoms with Crippen molar-refractivity contribution in [2.75, 3.05) is 40.4 Å². The zero-order valence-corrected chi connectivity index (χ0v) is 36.0. The van der Waals surface area contributed by atoms with Gasteiger partial charge < -0.3 is 9.80 Å². The van der Waals surface area contributed by atoms with E-state index >= 15 is 0 Å². The van der Waals surface area contributed by atoms with Gasteiger partial charge in [0, 0.05) is 42.6 Å². The van der Waals surface area contributed by atoms with E-state index in [1.165, 1.54) is 55.2 Å². The van der Waals surface area contributed by atoms with Gasteiger partial charge in [0.2, 0.25) is 0 Å². The molecule has 294 valence electrons. The monoisotopic (exact) mass is 725 g/mol. The molecular formula is C47H76N6. The molecule has 53 heavy (non-hydrogen) atoms. The number of nitrogens with zero attached hydrogens (tertiary/aromatic N) is 6. The van der Waals surface area contributed by atoms with Gasteiger partial charge in [0.15, 0.2) is 5.82 Å². The van der Waals surface area contributed by atoms with Gasteiger partial charge in [-0.15, -0.1) is 0 Å². The van der Waals surface area contributed by atoms with E-state index in [4.69, 9.17) is 4.99 Å². The Balaban J connectivity index is 0.00000372. The van der Waals surface area contributed by atoms with Crippen LogP contribution in [0.3, 0.4) is 0 Å². The number of benzene rings is 2. The van der Waals surface area contributed by atoms with Crippen molar-refractivity contribution < 1.29 is 0 Å². The average Bonchev–Trinajstić information content (AvgIpc) is 3.61. The lowest BCUT2D eigenvalue weighted by Gasteiger charge is -2.48. The number of likely N-dealkylation sites (N-methyl/N-ethyl adjacent to an activating group) is 1. The fourth-order valence-electron chi connectivity index (χ4n) is 7.67. The van der Waals surface area contributed by atoms with E-state index in [-0.39, 0.29) is 11.0 Å². The summed E-state index contributed by atoms with van der Waals surface area (Å²) < 4.78 is 0. The SMILES string of the molecule is C=NN1C(N2CCN(C)C2)=CC(c2cccc(CCC(C)(C)C(C)(C)N(C)CCC(CCCC)CC(C)CC)c2)=N/C1=C(/CC)c1ccccc1.CC. The number of hydrazone groups is 1. The van der Waals surface area contributed by atoms with Crippen molar-refractivity contribution in [3.63, 3.8) is 0 Å². The van der Waals surface area contributed by atoms with Crippen LogP contribution in [0.4, 0.5) is 0 Å². The number of unbranched alkanes of at least 4 members (excludes halogenated alkanes) is 1. The lowest BCUT2D eigenvalue weighted by Crippen LogP contribution is -2.52. The minimum absolute atomic E-state index is 0.0686. The van der Waals surface area contributed by atoms with Gasteiger partial charge in [-0.1, -0.05) is 130 Å². The van der Waals surface area contributed by atoms with E-state index in [1.54, 1.807) is 0 Å². The molecule has 0 aromatic heterocycles. The maximum atomic E-state index is 5.35. The molecule has 2 aliphatic rings. The van der Waals surface area contributed by atoms with Gasteiger partial charge in [0.25, 0.3) is 0 Å². The highest BCUT2D eigenvalue weighted by Crippen LogP contribution is 2.40. The number of rotatable bonds is 19. The molecule has 0 spiro atoms. The van der Waals surface area contributed by atoms with E-state index in [0.29, 0.717) is 0 Å². The van der Waals surface area contributed by atoms with Crippen LogP contribution < -0.4 is 0 Å². The smallest absolute Gasteiger partial charge is 0.160 e. The summed E-state index contributed by atoms with van der Waals surface area (Å²) in [5.74, 6) is 3.55. The largest absolute Gasteiger partial charge is 0.342 e. The molecule has 2 aromatic carbocycles. The van der Waals surface area contributed by atoms with Crippen molar-refractivity contribution in [3.8, 4) is 0 Å². The van der Waals surface area contributed by atoms with Gasteiger partial charge in [-0.3, -0.25) is 4.90 Å². The third-order valence-electron chi connectivity index (χ3n) is 12.4. The van der Waals surface area contributed by atoms with Gasteiger partial charge >= 0.3 is 0 Å². The van der Waals surface area contributed by atoms with Crippen LogP contribution in [0.2, 0.25) is 0 Å². The van der Waals surface area contributed by atoms with Gasteiger partial charge in [0.1, 0.15) is 5.82 Å². The summed E-state index contributed by atoms with van der Waals surface area (Å²) in [6.45, 7) is 31.1. The Morgan fingerprint density at radius 3 is 2.30 bits per heavy atom. The fraction of sp³-hybridized carbons (Fsp3) is 0.617. The Morgan fingerprint density at radius 2 is 1.70 bits per heavy atom. The predicted molar refractivity (Wildman–Crippen MR) is 232 cm³/mol. The molecule has 2 atom stereocenters. The highest BCUT2D eigenvalue weighted by Gasteiger charge is 2.40. The number of hydrogen-bond acceptors (Lipinski definition) is 6. The first-order valence-electron chi connectivity index (χ1n) is 20.9. The van der Waals surface area contributed by atoms with Crippen molar-refractivity contribution in [1.82, 2.24) is 19.7 Å². The minimum Gasteiger partial charge on any atom is -0.342 e. The first-order valence-corrected chi connectivity index (χ1v) is 20.9. The van der Waals surface area contributed by atoms with Gasteiger partial charge in [0.05, 0.1) is 12.4 Å². The summed E-state index contributed by atoms with van der Waals surface area (Å²) >= 11 is 0. The van der Waals surface area contributed by atoms with Crippen molar-refractivity contribution >= 4 is 18.0 Å². The van der Waals surface area contributed by atoms with Crippen molar-refractivity contribution in [3.05, 3.63) is 89.0 Å². The number of aliphatic imine (C=N–C) groups is 1. The molecule has 0 amide bonds. The number of hydrogen-bond donors (Lipinski definition) is 0. The predicted octanol–water partition coefficient (Wildman–Crippen LogP) is 11.6. The lowest BCUT2D eigenvalue weighted by molar-refractivity contribution is 0.0205. The highest BCUT2D eigenvalue weighted by atomic mass is 15.6. The van der Waals surface area contributed by atoms with Gasteiger partial charge in [-0.05, 0) is 101 Å². The molecule has 2 unspecified atom stereocenters. The standard InChI is InChI=1S/C45H70N6.C2H6/c1-12-15-20-37(31-35(4)13-2)26-28-49(11)45(7,8)44(5,6)27-25-36-21-19-24-39(32-36)41-33-42(50-30-29-48(10)34-50)51(46-9)43(47-41)40(14-3)38-22-17-16-18-23-38;1-2/h16-19,21-24,32-33,35,37H,9,12-15,20,25-31,34H2,1-8,10-11H3;1-2H3/b43-40+;. The van der Waals surface area contributed by atoms with Crippen LogP contribution in [0.1, 0.15) is 137 Å². The summed E-state index contributed by atoms with van der Waals surface area (Å²) in [6.07, 6.45) is 13.2. The summed E-state index contributed by atoms with van der Waals surface area (Å²) in [5.41, 5.74) is 6.02. The van der Waals surface area contributed by atoms with E-state index in [1.807, 2.05) is 18.9 Å². The second-order valence-corrected chi connectivity index (χ2v) is 16.6. The first kappa shape index (κ1) is 44.2. The molecule has 6 heteroatoms. The molecule has 2 aromatic rings. The van der Waals surface area contributed by atoms with Crippen molar-refractivity contribution in [2.24, 2.45) is 27.3 Å². The lowest BCUT2D eigenvalue weighted by atomic mass is 9.70. The molecule has 0 saturated carbocycles. The third-order valence-corrected chi connectivity index (χ3v) is 12.4. The molecule has 0 N–H and O–H groups in total. The van der Waals surface area contributed by atoms with Crippen molar-refractivity contribution in [1.29, 1.82) is 0 Å². The summed E-state index contributed by atoms with van der Waals surface area (Å²) in [4.78, 5) is 12.7. The van der Waals surface area contributed by atoms with Crippen LogP contribution in [0, 0.1) is 17.3 Å². The maximum absolute atomic E-state index is 5.35. The van der Waals surface area contributed by atoms with Crippen LogP contribution in [-0.2, 0) is 6.42 Å². The average molecular weight is 725 g/mol. The normalized spacial score (nSPS) is 17.6. The molecule has 4 rings (SSSR count). The van der Waals surface area contributed by atoms with Crippen molar-refractivity contribution in [2.45, 2.75) is 133 Å². The number of aryl methyl sites for hydroxylation is 1. The Kier molecular flexibility index (Phi) is 17.5. The Hall–Kier alpha value is -3.22. The molecule has 0 aliphatic carbocycles. The summed E-state index contributed by atoms with van der Waals surface area (Å²) in [7, 11) is 4.53. The zero-order valence-electron chi connectivity index (χ0n) is 36.0. The molecule has 2 heterocycles. The zero-order chi connectivity index (χ0) is 39.2. The van der Waals surface area contributed by atoms with Crippen LogP contribution in [0.5, 0.6) is 0 Å². The van der Waals surface area contributed by atoms with E-state index < -0.39 is 0 Å². The van der Waals surface area contributed by atoms with E-state index in [0.717, 1.165) is 80.3 Å². The Bertz CT molecular complexity index is 1500. The highest BCUT2D eigenvalue weighted by molar-refractivity contribution is 6.10. The van der Waals surface area contributed by atoms with E-state index in [9.17, 15) is 0 Å². The van der Waals surface area contributed by atoms with Crippen LogP contribution >= 0.6 is 0 Å². The second kappa shape index (κ2) is 21.0. The molecule has 6 nitrogen and oxygen atoms in total. The molecule has 1 fully saturated rings. The molecule has 1 saturated heterocycles. The molecular weight excluding hydrogens is 649 g/mol. The third kappa shape index (κ3) is 11.6. The Morgan fingerprint density at radius 1 is 0.981 bits per heavy atom. The first-order chi connectivity index (χ1) is 25.3. The number of allylic oxidation sites excluding steroid dienone is 2. The summed E-state index contributed by atoms with van der Waals surface area (Å²) in [6, 6.07) is 19.7. The topological polar surface area (TPSA) is 37.7 Å². The van der Waals surface area contributed by atoms with E-state index in [2.05, 4.69) is 157 Å². The molecule has 2 aliphatic heterocycles. The minimum atomic E-state index is 0.0686. The van der Waals surface area contributed by atoms with Crippen LogP contribution in [0.15, 0.2) is 82.4 Å². The van der Waals surface area contributed by atoms with Gasteiger partial charge in [-0.25, -0.2) is 4.99 Å². The second-order valence-electron chi connectivity index (χ2n) is 16.6.